The Hall–Kier alpha value is -0.730. The second kappa shape index (κ2) is 6.27. The van der Waals surface area contributed by atoms with E-state index in [1.807, 2.05) is 0 Å². The highest BCUT2D eigenvalue weighted by molar-refractivity contribution is 5.38. The Kier molecular flexibility index (Phi) is 6.00. The number of benzene rings is 1. The molecule has 1 unspecified atom stereocenters. The van der Waals surface area contributed by atoms with Crippen LogP contribution in [0.4, 0.5) is 0 Å². The molecule has 0 aliphatic rings. The van der Waals surface area contributed by atoms with Crippen LogP contribution in [-0.4, -0.2) is 12.6 Å². The van der Waals surface area contributed by atoms with Crippen molar-refractivity contribution < 1.29 is 22.9 Å². The van der Waals surface area contributed by atoms with Crippen molar-refractivity contribution >= 4 is 0 Å². The molecule has 0 aromatic heterocycles. The molecule has 17 heavy (non-hydrogen) atoms. The molecule has 0 saturated carbocycles. The Morgan fingerprint density at radius 3 is 2.29 bits per heavy atom. The molecule has 3 N–H and O–H groups in total. The minimum atomic E-state index is 0. The maximum absolute atomic E-state index is 5.70. The van der Waals surface area contributed by atoms with Crippen LogP contribution >= 0.6 is 0 Å². The third-order valence-electron chi connectivity index (χ3n) is 2.56. The minimum Gasteiger partial charge on any atom is -1.00 e. The third kappa shape index (κ3) is 4.97. The lowest BCUT2D eigenvalue weighted by atomic mass is 9.86. The van der Waals surface area contributed by atoms with Crippen molar-refractivity contribution in [2.45, 2.75) is 46.1 Å². The molecule has 0 aliphatic heterocycles. The van der Waals surface area contributed by atoms with Crippen molar-refractivity contribution in [3.05, 3.63) is 29.3 Å². The highest BCUT2D eigenvalue weighted by Gasteiger charge is 2.14. The second-order valence-corrected chi connectivity index (χ2v) is 5.65. The van der Waals surface area contributed by atoms with Crippen LogP contribution < -0.4 is 22.9 Å². The molecule has 1 aromatic carbocycles. The van der Waals surface area contributed by atoms with E-state index in [1.54, 1.807) is 0 Å². The zero-order valence-corrected chi connectivity index (χ0v) is 12.3. The predicted octanol–water partition coefficient (Wildman–Crippen LogP) is -0.694. The smallest absolute Gasteiger partial charge is 0.139 e. The molecule has 0 heterocycles. The van der Waals surface area contributed by atoms with E-state index < -0.39 is 0 Å². The van der Waals surface area contributed by atoms with Crippen LogP contribution in [0.3, 0.4) is 0 Å². The lowest BCUT2D eigenvalue weighted by Crippen LogP contribution is -3.00. The summed E-state index contributed by atoms with van der Waals surface area (Å²) in [7, 11) is 0. The van der Waals surface area contributed by atoms with E-state index >= 15 is 0 Å². The molecular formula is C14H24ClNO. The van der Waals surface area contributed by atoms with Crippen LogP contribution in [0.5, 0.6) is 5.75 Å². The molecule has 98 valence electrons. The molecule has 3 heteroatoms. The number of rotatable bonds is 3. The summed E-state index contributed by atoms with van der Waals surface area (Å²) in [5.74, 6) is 0.975. The first-order valence-corrected chi connectivity index (χ1v) is 5.87. The lowest BCUT2D eigenvalue weighted by molar-refractivity contribution is -0.417. The Morgan fingerprint density at radius 1 is 1.29 bits per heavy atom. The maximum Gasteiger partial charge on any atom is 0.139 e. The van der Waals surface area contributed by atoms with Gasteiger partial charge in [0, 0.05) is 0 Å². The van der Waals surface area contributed by atoms with Gasteiger partial charge in [-0.05, 0) is 36.5 Å². The summed E-state index contributed by atoms with van der Waals surface area (Å²) in [6.45, 7) is 11.5. The Bertz CT molecular complexity index is 356. The van der Waals surface area contributed by atoms with Gasteiger partial charge in [0.15, 0.2) is 0 Å². The monoisotopic (exact) mass is 257 g/mol. The summed E-state index contributed by atoms with van der Waals surface area (Å²) < 4.78 is 5.70. The Morgan fingerprint density at radius 2 is 1.88 bits per heavy atom. The van der Waals surface area contributed by atoms with Gasteiger partial charge in [0.1, 0.15) is 18.4 Å². The predicted molar refractivity (Wildman–Crippen MR) is 67.7 cm³/mol. The molecule has 0 amide bonds. The molecule has 2 nitrogen and oxygen atoms in total. The standard InChI is InChI=1S/C14H23NO.ClH/c1-10-8-12(14(3,4)5)6-7-13(10)16-9-11(2)15;/h6-8,11H,9,15H2,1-5H3;1H. The molecule has 0 spiro atoms. The summed E-state index contributed by atoms with van der Waals surface area (Å²) in [6.07, 6.45) is 0. The summed E-state index contributed by atoms with van der Waals surface area (Å²) in [6, 6.07) is 6.75. The van der Waals surface area contributed by atoms with E-state index in [1.165, 1.54) is 11.1 Å². The average molecular weight is 258 g/mol. The second-order valence-electron chi connectivity index (χ2n) is 5.65. The van der Waals surface area contributed by atoms with Gasteiger partial charge in [-0.3, -0.25) is 0 Å². The van der Waals surface area contributed by atoms with Gasteiger partial charge >= 0.3 is 0 Å². The summed E-state index contributed by atoms with van der Waals surface area (Å²) in [5, 5.41) is 0. The van der Waals surface area contributed by atoms with Crippen LogP contribution in [0.2, 0.25) is 0 Å². The van der Waals surface area contributed by atoms with E-state index in [-0.39, 0.29) is 17.8 Å². The Labute approximate surface area is 111 Å². The van der Waals surface area contributed by atoms with Gasteiger partial charge in [0.05, 0.1) is 0 Å². The van der Waals surface area contributed by atoms with Crippen LogP contribution in [0, 0.1) is 6.92 Å². The molecule has 0 saturated heterocycles. The fourth-order valence-corrected chi connectivity index (χ4v) is 1.51. The molecule has 0 aliphatic carbocycles. The first-order chi connectivity index (χ1) is 7.30. The van der Waals surface area contributed by atoms with E-state index in [4.69, 9.17) is 4.74 Å². The van der Waals surface area contributed by atoms with Gasteiger partial charge in [0.25, 0.3) is 0 Å². The van der Waals surface area contributed by atoms with Crippen molar-refractivity contribution in [2.24, 2.45) is 0 Å². The number of aryl methyl sites for hydroxylation is 1. The van der Waals surface area contributed by atoms with Gasteiger partial charge in [-0.2, -0.15) is 0 Å². The fraction of sp³-hybridized carbons (Fsp3) is 0.571. The van der Waals surface area contributed by atoms with Gasteiger partial charge in [-0.1, -0.05) is 32.9 Å². The Balaban J connectivity index is 0.00000256. The lowest BCUT2D eigenvalue weighted by Gasteiger charge is -2.20. The molecule has 1 aromatic rings. The van der Waals surface area contributed by atoms with E-state index in [9.17, 15) is 0 Å². The van der Waals surface area contributed by atoms with Crippen LogP contribution in [0.25, 0.3) is 0 Å². The average Bonchev–Trinajstić information content (AvgIpc) is 2.14. The largest absolute Gasteiger partial charge is 1.00 e. The SMILES string of the molecule is Cc1cc(C(C)(C)C)ccc1OCC(C)[NH3+].[Cl-]. The van der Waals surface area contributed by atoms with Crippen molar-refractivity contribution in [2.75, 3.05) is 6.61 Å². The highest BCUT2D eigenvalue weighted by Crippen LogP contribution is 2.27. The molecule has 1 atom stereocenters. The van der Waals surface area contributed by atoms with Crippen molar-refractivity contribution in [1.29, 1.82) is 0 Å². The number of halogens is 1. The number of quaternary nitrogens is 1. The third-order valence-corrected chi connectivity index (χ3v) is 2.56. The zero-order valence-electron chi connectivity index (χ0n) is 11.5. The quantitative estimate of drug-likeness (QED) is 0.765. The first-order valence-electron chi connectivity index (χ1n) is 5.87. The molecular weight excluding hydrogens is 234 g/mol. The van der Waals surface area contributed by atoms with Crippen LogP contribution in [-0.2, 0) is 5.41 Å². The van der Waals surface area contributed by atoms with E-state index in [0.717, 1.165) is 5.75 Å². The summed E-state index contributed by atoms with van der Waals surface area (Å²) in [4.78, 5) is 0. The highest BCUT2D eigenvalue weighted by atomic mass is 35.5. The van der Waals surface area contributed by atoms with Crippen molar-refractivity contribution in [1.82, 2.24) is 0 Å². The topological polar surface area (TPSA) is 36.9 Å². The van der Waals surface area contributed by atoms with Crippen molar-refractivity contribution in [3.63, 3.8) is 0 Å². The number of hydrogen-bond donors (Lipinski definition) is 1. The van der Waals surface area contributed by atoms with Gasteiger partial charge in [0.2, 0.25) is 0 Å². The molecule has 0 radical (unpaired) electrons. The van der Waals surface area contributed by atoms with Crippen LogP contribution in [0.1, 0.15) is 38.8 Å². The van der Waals surface area contributed by atoms with Gasteiger partial charge < -0.3 is 22.9 Å². The molecule has 0 fully saturated rings. The van der Waals surface area contributed by atoms with E-state index in [0.29, 0.717) is 12.6 Å². The molecule has 1 rings (SSSR count). The first kappa shape index (κ1) is 16.3. The van der Waals surface area contributed by atoms with Gasteiger partial charge in [-0.25, -0.2) is 0 Å². The maximum atomic E-state index is 5.70. The summed E-state index contributed by atoms with van der Waals surface area (Å²) in [5.41, 5.74) is 6.66. The minimum absolute atomic E-state index is 0. The normalized spacial score (nSPS) is 12.8. The number of hydrogen-bond acceptors (Lipinski definition) is 1. The van der Waals surface area contributed by atoms with Crippen LogP contribution in [0.15, 0.2) is 18.2 Å². The molecule has 0 bridgehead atoms. The summed E-state index contributed by atoms with van der Waals surface area (Å²) >= 11 is 0. The zero-order chi connectivity index (χ0) is 12.3. The number of ether oxygens (including phenoxy) is 1. The van der Waals surface area contributed by atoms with Crippen molar-refractivity contribution in [3.8, 4) is 5.75 Å². The van der Waals surface area contributed by atoms with Gasteiger partial charge in [-0.15, -0.1) is 0 Å². The van der Waals surface area contributed by atoms with E-state index in [2.05, 4.69) is 58.6 Å². The fourth-order valence-electron chi connectivity index (χ4n) is 1.51.